The normalized spacial score (nSPS) is 12.2. The molecule has 0 aliphatic heterocycles. The van der Waals surface area contributed by atoms with Crippen LogP contribution in [0.25, 0.3) is 0 Å². The molecule has 0 amide bonds. The van der Waals surface area contributed by atoms with E-state index in [0.717, 1.165) is 6.26 Å². The Morgan fingerprint density at radius 3 is 2.00 bits per heavy atom. The molecule has 0 N–H and O–H groups in total. The van der Waals surface area contributed by atoms with Gasteiger partial charge < -0.3 is 0 Å². The number of Topliss-reactive ketones (excluding diaryl/α,β-unsaturated/α-hetero) is 2. The molecule has 0 aromatic heterocycles. The molecule has 0 unspecified atom stereocenters. The van der Waals surface area contributed by atoms with E-state index in [2.05, 4.69) is 0 Å². The van der Waals surface area contributed by atoms with Gasteiger partial charge in [-0.2, -0.15) is 13.2 Å². The summed E-state index contributed by atoms with van der Waals surface area (Å²) in [6.45, 7) is 0. The van der Waals surface area contributed by atoms with Gasteiger partial charge in [-0.15, -0.1) is 0 Å². The maximum absolute atomic E-state index is 11.9. The van der Waals surface area contributed by atoms with E-state index in [1.807, 2.05) is 0 Å². The van der Waals surface area contributed by atoms with Crippen molar-refractivity contribution in [2.75, 3.05) is 6.26 Å². The second-order valence-corrected chi connectivity index (χ2v) is 6.57. The molecule has 0 spiro atoms. The summed E-state index contributed by atoms with van der Waals surface area (Å²) in [5.74, 6) is -1.56. The van der Waals surface area contributed by atoms with Gasteiger partial charge >= 0.3 is 6.18 Å². The number of rotatable bonds is 6. The number of sulfone groups is 1. The summed E-state index contributed by atoms with van der Waals surface area (Å²) >= 11 is 0. The summed E-state index contributed by atoms with van der Waals surface area (Å²) < 4.78 is 58.3. The fraction of sp³-hybridized carbons (Fsp3) is 0.385. The Labute approximate surface area is 119 Å². The minimum Gasteiger partial charge on any atom is -0.299 e. The lowest BCUT2D eigenvalue weighted by Gasteiger charge is -2.05. The minimum absolute atomic E-state index is 0.0344. The molecule has 1 rings (SSSR count). The third-order valence-electron chi connectivity index (χ3n) is 2.63. The summed E-state index contributed by atoms with van der Waals surface area (Å²) in [6, 6.07) is 5.01. The van der Waals surface area contributed by atoms with E-state index in [1.54, 1.807) is 0 Å². The predicted molar refractivity (Wildman–Crippen MR) is 68.8 cm³/mol. The number of halogens is 3. The van der Waals surface area contributed by atoms with Gasteiger partial charge in [-0.3, -0.25) is 9.59 Å². The molecule has 0 aliphatic rings. The van der Waals surface area contributed by atoms with Crippen molar-refractivity contribution in [1.82, 2.24) is 0 Å². The molecule has 1 aromatic carbocycles. The van der Waals surface area contributed by atoms with Crippen molar-refractivity contribution in [2.45, 2.75) is 30.3 Å². The Bertz CT molecular complexity index is 630. The molecule has 0 fully saturated rings. The van der Waals surface area contributed by atoms with Gasteiger partial charge in [0.2, 0.25) is 0 Å². The standard InChI is InChI=1S/C13H13F3O4S/c1-21(19,20)11-5-2-9(3-6-11)12(18)7-4-10(17)8-13(14,15)16/h2-3,5-6H,4,7-8H2,1H3. The van der Waals surface area contributed by atoms with Crippen molar-refractivity contribution in [3.05, 3.63) is 29.8 Å². The van der Waals surface area contributed by atoms with Crippen LogP contribution in [0.5, 0.6) is 0 Å². The zero-order valence-electron chi connectivity index (χ0n) is 11.1. The van der Waals surface area contributed by atoms with Crippen LogP contribution < -0.4 is 0 Å². The maximum Gasteiger partial charge on any atom is 0.395 e. The number of carbonyl (C=O) groups excluding carboxylic acids is 2. The van der Waals surface area contributed by atoms with Crippen LogP contribution in [0.1, 0.15) is 29.6 Å². The van der Waals surface area contributed by atoms with Crippen LogP contribution >= 0.6 is 0 Å². The third-order valence-corrected chi connectivity index (χ3v) is 3.76. The maximum atomic E-state index is 11.9. The van der Waals surface area contributed by atoms with E-state index in [0.29, 0.717) is 0 Å². The first-order valence-electron chi connectivity index (χ1n) is 5.91. The average Bonchev–Trinajstić information content (AvgIpc) is 2.33. The molecule has 0 bridgehead atoms. The van der Waals surface area contributed by atoms with Crippen molar-refractivity contribution < 1.29 is 31.2 Å². The highest BCUT2D eigenvalue weighted by molar-refractivity contribution is 7.90. The molecular formula is C13H13F3O4S. The molecule has 0 saturated carbocycles. The van der Waals surface area contributed by atoms with Crippen molar-refractivity contribution in [2.24, 2.45) is 0 Å². The first-order chi connectivity index (χ1) is 9.49. The number of carbonyl (C=O) groups is 2. The Morgan fingerprint density at radius 1 is 1.05 bits per heavy atom. The fourth-order valence-corrected chi connectivity index (χ4v) is 2.23. The Kier molecular flexibility index (Phi) is 5.27. The van der Waals surface area contributed by atoms with E-state index in [4.69, 9.17) is 0 Å². The zero-order valence-corrected chi connectivity index (χ0v) is 11.9. The molecular weight excluding hydrogens is 309 g/mol. The Balaban J connectivity index is 2.63. The van der Waals surface area contributed by atoms with E-state index in [1.165, 1.54) is 24.3 Å². The highest BCUT2D eigenvalue weighted by atomic mass is 32.2. The van der Waals surface area contributed by atoms with Crippen molar-refractivity contribution in [1.29, 1.82) is 0 Å². The molecule has 21 heavy (non-hydrogen) atoms. The van der Waals surface area contributed by atoms with Crippen molar-refractivity contribution in [3.8, 4) is 0 Å². The van der Waals surface area contributed by atoms with Gasteiger partial charge in [0.15, 0.2) is 15.6 Å². The predicted octanol–water partition coefficient (Wildman–Crippen LogP) is 2.57. The van der Waals surface area contributed by atoms with Gasteiger partial charge in [0.25, 0.3) is 0 Å². The first kappa shape index (κ1) is 17.4. The highest BCUT2D eigenvalue weighted by Gasteiger charge is 2.30. The molecule has 116 valence electrons. The number of benzene rings is 1. The lowest BCUT2D eigenvalue weighted by Crippen LogP contribution is -2.15. The molecule has 4 nitrogen and oxygen atoms in total. The van der Waals surface area contributed by atoms with Gasteiger partial charge in [0, 0.05) is 24.7 Å². The number of hydrogen-bond acceptors (Lipinski definition) is 4. The summed E-state index contributed by atoms with van der Waals surface area (Å²) in [7, 11) is -3.38. The van der Waals surface area contributed by atoms with Crippen LogP contribution in [-0.4, -0.2) is 32.4 Å². The SMILES string of the molecule is CS(=O)(=O)c1ccc(C(=O)CCC(=O)CC(F)(F)F)cc1. The van der Waals surface area contributed by atoms with Gasteiger partial charge in [-0.05, 0) is 12.1 Å². The average molecular weight is 322 g/mol. The summed E-state index contributed by atoms with van der Waals surface area (Å²) in [6.07, 6.45) is -5.94. The largest absolute Gasteiger partial charge is 0.395 e. The summed E-state index contributed by atoms with van der Waals surface area (Å²) in [5, 5.41) is 0. The molecule has 8 heteroatoms. The molecule has 0 heterocycles. The molecule has 0 aliphatic carbocycles. The second-order valence-electron chi connectivity index (χ2n) is 4.55. The van der Waals surface area contributed by atoms with Crippen LogP contribution in [0, 0.1) is 0 Å². The number of alkyl halides is 3. The van der Waals surface area contributed by atoms with Gasteiger partial charge in [0.1, 0.15) is 12.2 Å². The number of hydrogen-bond donors (Lipinski definition) is 0. The zero-order chi connectivity index (χ0) is 16.3. The van der Waals surface area contributed by atoms with Crippen LogP contribution in [0.3, 0.4) is 0 Å². The van der Waals surface area contributed by atoms with Gasteiger partial charge in [-0.1, -0.05) is 12.1 Å². The van der Waals surface area contributed by atoms with Gasteiger partial charge in [0.05, 0.1) is 4.90 Å². The minimum atomic E-state index is -4.57. The van der Waals surface area contributed by atoms with Crippen LogP contribution in [-0.2, 0) is 14.6 Å². The summed E-state index contributed by atoms with van der Waals surface area (Å²) in [4.78, 5) is 22.8. The third kappa shape index (κ3) is 6.07. The van der Waals surface area contributed by atoms with E-state index in [9.17, 15) is 31.2 Å². The fourth-order valence-electron chi connectivity index (χ4n) is 1.60. The number of ketones is 2. The second kappa shape index (κ2) is 6.38. The summed E-state index contributed by atoms with van der Waals surface area (Å²) in [5.41, 5.74) is 0.155. The van der Waals surface area contributed by atoms with Crippen LogP contribution in [0.2, 0.25) is 0 Å². The quantitative estimate of drug-likeness (QED) is 0.755. The van der Waals surface area contributed by atoms with Crippen molar-refractivity contribution in [3.63, 3.8) is 0 Å². The molecule has 1 aromatic rings. The van der Waals surface area contributed by atoms with Crippen molar-refractivity contribution >= 4 is 21.4 Å². The molecule has 0 atom stereocenters. The monoisotopic (exact) mass is 322 g/mol. The highest BCUT2D eigenvalue weighted by Crippen LogP contribution is 2.21. The van der Waals surface area contributed by atoms with Crippen LogP contribution in [0.15, 0.2) is 29.2 Å². The van der Waals surface area contributed by atoms with E-state index < -0.39 is 40.4 Å². The van der Waals surface area contributed by atoms with E-state index in [-0.39, 0.29) is 16.9 Å². The lowest BCUT2D eigenvalue weighted by atomic mass is 10.0. The Morgan fingerprint density at radius 2 is 1.57 bits per heavy atom. The molecule has 0 radical (unpaired) electrons. The topological polar surface area (TPSA) is 68.3 Å². The van der Waals surface area contributed by atoms with Gasteiger partial charge in [-0.25, -0.2) is 8.42 Å². The van der Waals surface area contributed by atoms with Crippen LogP contribution in [0.4, 0.5) is 13.2 Å². The molecule has 0 saturated heterocycles. The van der Waals surface area contributed by atoms with E-state index >= 15 is 0 Å². The Hall–Kier alpha value is -1.70. The smallest absolute Gasteiger partial charge is 0.299 e. The first-order valence-corrected chi connectivity index (χ1v) is 7.80. The lowest BCUT2D eigenvalue weighted by molar-refractivity contribution is -0.152.